The number of benzene rings is 2. The lowest BCUT2D eigenvalue weighted by atomic mass is 9.90. The molecule has 0 bridgehead atoms. The molecule has 4 unspecified atom stereocenters. The molecule has 1 saturated carbocycles. The monoisotopic (exact) mass is 586 g/mol. The third-order valence-corrected chi connectivity index (χ3v) is 10.2. The van der Waals surface area contributed by atoms with Gasteiger partial charge in [-0.15, -0.1) is 0 Å². The first-order valence-corrected chi connectivity index (χ1v) is 16.3. The average molecular weight is 587 g/mol. The number of anilines is 2. The molecule has 9 heteroatoms. The summed E-state index contributed by atoms with van der Waals surface area (Å²) in [5.74, 6) is 2.23. The van der Waals surface area contributed by atoms with Gasteiger partial charge in [0.15, 0.2) is 0 Å². The minimum Gasteiger partial charge on any atom is -0.352 e. The van der Waals surface area contributed by atoms with Gasteiger partial charge in [-0.1, -0.05) is 74.5 Å². The number of hydrogen-bond acceptors (Lipinski definition) is 6. The van der Waals surface area contributed by atoms with Crippen LogP contribution in [0.5, 0.6) is 0 Å². The van der Waals surface area contributed by atoms with Gasteiger partial charge in [-0.05, 0) is 74.3 Å². The van der Waals surface area contributed by atoms with Crippen LogP contribution < -0.4 is 15.4 Å². The maximum absolute atomic E-state index is 13.1. The van der Waals surface area contributed by atoms with Crippen molar-refractivity contribution in [3.8, 4) is 11.3 Å². The third-order valence-electron chi connectivity index (χ3n) is 8.34. The zero-order valence-corrected chi connectivity index (χ0v) is 25.7. The van der Waals surface area contributed by atoms with Crippen LogP contribution >= 0.6 is 0 Å². The van der Waals surface area contributed by atoms with Crippen LogP contribution in [0.25, 0.3) is 11.3 Å². The molecule has 0 radical (unpaired) electrons. The molecule has 4 aromatic rings. The van der Waals surface area contributed by atoms with E-state index in [0.29, 0.717) is 42.7 Å². The largest absolute Gasteiger partial charge is 0.352 e. The summed E-state index contributed by atoms with van der Waals surface area (Å²) in [6.45, 7) is 9.33. The Balaban J connectivity index is 1.52. The number of nitrogens with two attached hydrogens (primary N) is 1. The number of nitrogens with zero attached hydrogens (tertiary/aromatic N) is 3. The molecule has 2 heterocycles. The van der Waals surface area contributed by atoms with Gasteiger partial charge < -0.3 is 10.6 Å². The summed E-state index contributed by atoms with van der Waals surface area (Å²) in [5, 5.41) is 7.22. The van der Waals surface area contributed by atoms with Gasteiger partial charge in [0, 0.05) is 18.7 Å². The number of H-pyrrole nitrogens is 1. The molecule has 8 nitrogen and oxygen atoms in total. The minimum atomic E-state index is -3.62. The highest BCUT2D eigenvalue weighted by Gasteiger charge is 2.35. The summed E-state index contributed by atoms with van der Waals surface area (Å²) in [4.78, 5) is 7.10. The molecule has 2 aromatic carbocycles. The first-order valence-electron chi connectivity index (χ1n) is 14.8. The molecule has 4 atom stereocenters. The van der Waals surface area contributed by atoms with Crippen LogP contribution in [0.1, 0.15) is 57.4 Å². The van der Waals surface area contributed by atoms with Crippen molar-refractivity contribution < 1.29 is 8.42 Å². The molecule has 4 N–H and O–H groups in total. The van der Waals surface area contributed by atoms with E-state index in [-0.39, 0.29) is 5.82 Å². The summed E-state index contributed by atoms with van der Waals surface area (Å²) in [6.07, 6.45) is 2.32. The van der Waals surface area contributed by atoms with Crippen molar-refractivity contribution in [2.24, 2.45) is 17.6 Å². The van der Waals surface area contributed by atoms with E-state index in [4.69, 9.17) is 10.7 Å². The molecule has 1 aliphatic carbocycles. The summed E-state index contributed by atoms with van der Waals surface area (Å²) in [6, 6.07) is 26.1. The van der Waals surface area contributed by atoms with Crippen molar-refractivity contribution in [3.05, 3.63) is 95.7 Å². The van der Waals surface area contributed by atoms with Crippen molar-refractivity contribution in [1.29, 1.82) is 0 Å². The number of aromatic amines is 1. The Morgan fingerprint density at radius 2 is 1.71 bits per heavy atom. The molecule has 222 valence electrons. The summed E-state index contributed by atoms with van der Waals surface area (Å²) < 4.78 is 28.9. The minimum absolute atomic E-state index is 0.286. The molecular formula is C33H42N6O2S. The second kappa shape index (κ2) is 12.3. The van der Waals surface area contributed by atoms with E-state index in [9.17, 15) is 8.42 Å². The fraction of sp³-hybridized carbons (Fsp3) is 0.394. The average Bonchev–Trinajstić information content (AvgIpc) is 3.42. The van der Waals surface area contributed by atoms with Gasteiger partial charge in [0.25, 0.3) is 0 Å². The molecule has 0 saturated heterocycles. The number of pyridine rings is 1. The Morgan fingerprint density at radius 1 is 1.07 bits per heavy atom. The molecule has 2 aromatic heterocycles. The molecule has 0 amide bonds. The van der Waals surface area contributed by atoms with Crippen LogP contribution in [0.4, 0.5) is 11.6 Å². The first kappa shape index (κ1) is 29.8. The van der Waals surface area contributed by atoms with Crippen LogP contribution in [-0.4, -0.2) is 35.4 Å². The number of nitrogens with one attached hydrogen (secondary N) is 2. The summed E-state index contributed by atoms with van der Waals surface area (Å²) >= 11 is 0. The molecule has 1 fully saturated rings. The first-order chi connectivity index (χ1) is 20.0. The van der Waals surface area contributed by atoms with E-state index < -0.39 is 20.8 Å². The Bertz CT molecular complexity index is 1590. The Kier molecular flexibility index (Phi) is 8.70. The van der Waals surface area contributed by atoms with Crippen molar-refractivity contribution in [1.82, 2.24) is 15.2 Å². The van der Waals surface area contributed by atoms with Crippen molar-refractivity contribution in [3.63, 3.8) is 0 Å². The SMILES string of the molecule is CCC(C)S(=O)(=O)Nc1cc(-c2cc(C(C)(N)Cc3ccccc3)[nH]n2)cc(N(Cc2ccccc2)CC2CC2C)n1. The van der Waals surface area contributed by atoms with Gasteiger partial charge in [-0.3, -0.25) is 9.82 Å². The van der Waals surface area contributed by atoms with Gasteiger partial charge in [-0.25, -0.2) is 13.4 Å². The lowest BCUT2D eigenvalue weighted by Crippen LogP contribution is -2.35. The van der Waals surface area contributed by atoms with Gasteiger partial charge in [-0.2, -0.15) is 5.10 Å². The van der Waals surface area contributed by atoms with Crippen LogP contribution in [0.15, 0.2) is 78.9 Å². The zero-order chi connectivity index (χ0) is 29.9. The lowest BCUT2D eigenvalue weighted by molar-refractivity contribution is 0.475. The van der Waals surface area contributed by atoms with Crippen LogP contribution in [0.3, 0.4) is 0 Å². The molecule has 42 heavy (non-hydrogen) atoms. The van der Waals surface area contributed by atoms with Gasteiger partial charge in [0.1, 0.15) is 11.6 Å². The lowest BCUT2D eigenvalue weighted by Gasteiger charge is -2.25. The predicted octanol–water partition coefficient (Wildman–Crippen LogP) is 6.09. The predicted molar refractivity (Wildman–Crippen MR) is 171 cm³/mol. The maximum Gasteiger partial charge on any atom is 0.236 e. The number of sulfonamides is 1. The Morgan fingerprint density at radius 3 is 2.33 bits per heavy atom. The Hall–Kier alpha value is -3.69. The van der Waals surface area contributed by atoms with Crippen LogP contribution in [0.2, 0.25) is 0 Å². The number of aromatic nitrogens is 3. The second-order valence-corrected chi connectivity index (χ2v) is 14.1. The second-order valence-electron chi connectivity index (χ2n) is 12.1. The highest BCUT2D eigenvalue weighted by Crippen LogP contribution is 2.40. The van der Waals surface area contributed by atoms with E-state index in [1.165, 1.54) is 12.0 Å². The molecular weight excluding hydrogens is 544 g/mol. The van der Waals surface area contributed by atoms with E-state index in [2.05, 4.69) is 51.0 Å². The van der Waals surface area contributed by atoms with Gasteiger partial charge in [0.2, 0.25) is 10.0 Å². The number of rotatable bonds is 13. The quantitative estimate of drug-likeness (QED) is 0.175. The van der Waals surface area contributed by atoms with Crippen LogP contribution in [0, 0.1) is 11.8 Å². The van der Waals surface area contributed by atoms with E-state index in [0.717, 1.165) is 23.4 Å². The van der Waals surface area contributed by atoms with Crippen molar-refractivity contribution in [2.45, 2.75) is 64.3 Å². The van der Waals surface area contributed by atoms with Gasteiger partial charge >= 0.3 is 0 Å². The third kappa shape index (κ3) is 7.20. The highest BCUT2D eigenvalue weighted by atomic mass is 32.2. The van der Waals surface area contributed by atoms with E-state index in [1.807, 2.05) is 62.4 Å². The summed E-state index contributed by atoms with van der Waals surface area (Å²) in [7, 11) is -3.62. The Labute approximate surface area is 249 Å². The fourth-order valence-corrected chi connectivity index (χ4v) is 6.24. The summed E-state index contributed by atoms with van der Waals surface area (Å²) in [5.41, 5.74) is 10.7. The molecule has 5 rings (SSSR count). The molecule has 1 aliphatic rings. The van der Waals surface area contributed by atoms with Crippen LogP contribution in [-0.2, 0) is 28.5 Å². The van der Waals surface area contributed by atoms with E-state index >= 15 is 0 Å². The van der Waals surface area contributed by atoms with Gasteiger partial charge in [0.05, 0.1) is 22.2 Å². The number of hydrogen-bond donors (Lipinski definition) is 3. The smallest absolute Gasteiger partial charge is 0.236 e. The highest BCUT2D eigenvalue weighted by molar-refractivity contribution is 7.93. The molecule has 0 spiro atoms. The zero-order valence-electron chi connectivity index (χ0n) is 24.9. The van der Waals surface area contributed by atoms with Crippen molar-refractivity contribution in [2.75, 3.05) is 16.2 Å². The van der Waals surface area contributed by atoms with Crippen molar-refractivity contribution >= 4 is 21.7 Å². The molecule has 0 aliphatic heterocycles. The standard InChI is InChI=1S/C33H42N6O2S/c1-5-24(3)42(40,41)38-31-17-27(29-19-30(37-36-29)33(4,34)20-25-12-8-6-9-13-25)18-32(35-31)39(22-28-16-23(28)2)21-26-14-10-7-11-15-26/h6-15,17-19,23-24,28H,5,16,20-22,34H2,1-4H3,(H,35,38)(H,36,37). The topological polar surface area (TPSA) is 117 Å². The maximum atomic E-state index is 13.1. The fourth-order valence-electron chi connectivity index (χ4n) is 5.20. The van der Waals surface area contributed by atoms with E-state index in [1.54, 1.807) is 13.0 Å². The normalized spacial score (nSPS) is 18.7.